The molecule has 0 spiro atoms. The van der Waals surface area contributed by atoms with Crippen LogP contribution in [0.4, 0.5) is 5.00 Å². The number of nitrogens with one attached hydrogen (secondary N) is 1. The first-order chi connectivity index (χ1) is 18.9. The molecule has 2 heterocycles. The van der Waals surface area contributed by atoms with Crippen molar-refractivity contribution in [1.82, 2.24) is 9.21 Å². The van der Waals surface area contributed by atoms with Gasteiger partial charge in [0, 0.05) is 43.2 Å². The van der Waals surface area contributed by atoms with E-state index < -0.39 is 10.0 Å². The van der Waals surface area contributed by atoms with Crippen LogP contribution in [-0.4, -0.2) is 43.2 Å². The van der Waals surface area contributed by atoms with Crippen LogP contribution >= 0.6 is 11.3 Å². The number of carbonyl (C=O) groups is 1. The Kier molecular flexibility index (Phi) is 9.92. The van der Waals surface area contributed by atoms with Crippen LogP contribution in [0.3, 0.4) is 0 Å². The number of benzene rings is 2. The van der Waals surface area contributed by atoms with Gasteiger partial charge < -0.3 is 5.32 Å². The summed E-state index contributed by atoms with van der Waals surface area (Å²) in [5.41, 5.74) is 3.15. The first-order valence-corrected chi connectivity index (χ1v) is 15.9. The highest BCUT2D eigenvalue weighted by atomic mass is 32.2. The summed E-state index contributed by atoms with van der Waals surface area (Å²) in [5, 5.41) is 13.3. The number of thiophene rings is 1. The Bertz CT molecular complexity index is 1400. The topological polar surface area (TPSA) is 93.5 Å². The molecule has 4 rings (SSSR count). The number of amides is 1. The highest BCUT2D eigenvalue weighted by molar-refractivity contribution is 7.89. The third-order valence-electron chi connectivity index (χ3n) is 7.00. The second-order valence-electron chi connectivity index (χ2n) is 9.86. The Hall–Kier alpha value is -3.03. The van der Waals surface area contributed by atoms with E-state index in [9.17, 15) is 18.5 Å². The number of rotatable bonds is 12. The third kappa shape index (κ3) is 6.95. The van der Waals surface area contributed by atoms with Crippen LogP contribution in [0.2, 0.25) is 0 Å². The summed E-state index contributed by atoms with van der Waals surface area (Å²) in [6.07, 6.45) is 4.20. The summed E-state index contributed by atoms with van der Waals surface area (Å²) in [6.45, 7) is 7.49. The van der Waals surface area contributed by atoms with E-state index in [1.54, 1.807) is 16.4 Å². The van der Waals surface area contributed by atoms with Gasteiger partial charge in [0.25, 0.3) is 5.91 Å². The molecule has 0 saturated carbocycles. The number of carbonyl (C=O) groups excluding carboxylic acids is 1. The molecule has 0 unspecified atom stereocenters. The van der Waals surface area contributed by atoms with Crippen LogP contribution in [0.1, 0.15) is 71.5 Å². The molecule has 0 bridgehead atoms. The summed E-state index contributed by atoms with van der Waals surface area (Å²) in [5.74, 6) is -0.357. The van der Waals surface area contributed by atoms with Crippen molar-refractivity contribution in [3.63, 3.8) is 0 Å². The van der Waals surface area contributed by atoms with Crippen LogP contribution in [0.25, 0.3) is 0 Å². The fourth-order valence-corrected chi connectivity index (χ4v) is 7.52. The molecule has 206 valence electrons. The molecule has 1 aliphatic heterocycles. The van der Waals surface area contributed by atoms with Crippen LogP contribution < -0.4 is 5.32 Å². The second kappa shape index (κ2) is 13.4. The molecule has 0 fully saturated rings. The van der Waals surface area contributed by atoms with Gasteiger partial charge in [-0.25, -0.2) is 8.42 Å². The fraction of sp³-hybridized carbons (Fsp3) is 0.400. The molecule has 1 aromatic heterocycles. The Morgan fingerprint density at radius 3 is 2.33 bits per heavy atom. The summed E-state index contributed by atoms with van der Waals surface area (Å²) in [4.78, 5) is 16.7. The first-order valence-electron chi connectivity index (χ1n) is 13.6. The Morgan fingerprint density at radius 1 is 1.05 bits per heavy atom. The number of sulfonamides is 1. The average molecular weight is 565 g/mol. The number of nitrogens with zero attached hydrogens (tertiary/aromatic N) is 3. The van der Waals surface area contributed by atoms with Gasteiger partial charge in [0.2, 0.25) is 10.0 Å². The van der Waals surface area contributed by atoms with Gasteiger partial charge >= 0.3 is 0 Å². The summed E-state index contributed by atoms with van der Waals surface area (Å²) in [7, 11) is -3.63. The molecule has 7 nitrogen and oxygen atoms in total. The zero-order valence-corrected chi connectivity index (χ0v) is 24.3. The summed E-state index contributed by atoms with van der Waals surface area (Å²) < 4.78 is 28.0. The van der Waals surface area contributed by atoms with Crippen LogP contribution in [0.5, 0.6) is 0 Å². The van der Waals surface area contributed by atoms with E-state index in [1.807, 2.05) is 32.0 Å². The van der Waals surface area contributed by atoms with E-state index in [-0.39, 0.29) is 10.8 Å². The zero-order chi connectivity index (χ0) is 27.8. The van der Waals surface area contributed by atoms with Crippen molar-refractivity contribution in [3.05, 3.63) is 81.7 Å². The quantitative estimate of drug-likeness (QED) is 0.290. The molecular formula is C30H36N4O3S2. The first kappa shape index (κ1) is 29.0. The normalized spacial score (nSPS) is 13.7. The van der Waals surface area contributed by atoms with Crippen molar-refractivity contribution >= 4 is 32.3 Å². The predicted octanol–water partition coefficient (Wildman–Crippen LogP) is 6.02. The lowest BCUT2D eigenvalue weighted by molar-refractivity contribution is 0.102. The van der Waals surface area contributed by atoms with E-state index >= 15 is 0 Å². The number of fused-ring (bicyclic) bond motifs is 1. The van der Waals surface area contributed by atoms with Crippen molar-refractivity contribution in [2.45, 2.75) is 63.9 Å². The molecule has 3 aromatic rings. The van der Waals surface area contributed by atoms with Gasteiger partial charge in [-0.2, -0.15) is 9.57 Å². The lowest BCUT2D eigenvalue weighted by Gasteiger charge is -2.26. The number of anilines is 1. The summed E-state index contributed by atoms with van der Waals surface area (Å²) in [6, 6.07) is 18.7. The third-order valence-corrected chi connectivity index (χ3v) is 10.0. The molecule has 1 N–H and O–H groups in total. The monoisotopic (exact) mass is 564 g/mol. The molecule has 0 saturated heterocycles. The van der Waals surface area contributed by atoms with Crippen molar-refractivity contribution < 1.29 is 13.2 Å². The maximum absolute atomic E-state index is 13.2. The molecule has 9 heteroatoms. The summed E-state index contributed by atoms with van der Waals surface area (Å²) >= 11 is 1.45. The van der Waals surface area contributed by atoms with Crippen LogP contribution in [0.15, 0.2) is 59.5 Å². The van der Waals surface area contributed by atoms with Gasteiger partial charge in [-0.05, 0) is 54.7 Å². The molecule has 0 radical (unpaired) electrons. The minimum Gasteiger partial charge on any atom is -0.312 e. The maximum Gasteiger partial charge on any atom is 0.256 e. The van der Waals surface area contributed by atoms with Crippen molar-refractivity contribution in [3.8, 4) is 6.07 Å². The molecule has 0 atom stereocenters. The van der Waals surface area contributed by atoms with Gasteiger partial charge in [0.15, 0.2) is 0 Å². The van der Waals surface area contributed by atoms with Gasteiger partial charge in [0.05, 0.1) is 10.5 Å². The molecule has 0 aliphatic carbocycles. The Morgan fingerprint density at radius 2 is 1.72 bits per heavy atom. The number of hydrogen-bond acceptors (Lipinski definition) is 6. The van der Waals surface area contributed by atoms with E-state index in [0.717, 1.165) is 62.2 Å². The molecule has 2 aromatic carbocycles. The highest BCUT2D eigenvalue weighted by Gasteiger charge is 2.27. The molecule has 1 amide bonds. The maximum atomic E-state index is 13.2. The zero-order valence-electron chi connectivity index (χ0n) is 22.7. The number of nitriles is 1. The minimum atomic E-state index is -3.63. The van der Waals surface area contributed by atoms with E-state index in [0.29, 0.717) is 29.2 Å². The van der Waals surface area contributed by atoms with E-state index in [4.69, 9.17) is 0 Å². The lowest BCUT2D eigenvalue weighted by Crippen LogP contribution is -2.33. The van der Waals surface area contributed by atoms with Gasteiger partial charge in [-0.1, -0.05) is 57.0 Å². The largest absolute Gasteiger partial charge is 0.312 e. The number of unbranched alkanes of at least 4 members (excludes halogenated alkanes) is 2. The van der Waals surface area contributed by atoms with Crippen LogP contribution in [-0.2, 0) is 29.5 Å². The van der Waals surface area contributed by atoms with Crippen molar-refractivity contribution in [1.29, 1.82) is 5.26 Å². The van der Waals surface area contributed by atoms with Gasteiger partial charge in [-0.3, -0.25) is 9.69 Å². The van der Waals surface area contributed by atoms with Crippen molar-refractivity contribution in [2.75, 3.05) is 25.0 Å². The number of hydrogen-bond donors (Lipinski definition) is 1. The molecule has 39 heavy (non-hydrogen) atoms. The highest BCUT2D eigenvalue weighted by Crippen LogP contribution is 2.37. The van der Waals surface area contributed by atoms with Gasteiger partial charge in [0.1, 0.15) is 11.1 Å². The SMILES string of the molecule is CCCCN(CCCC)S(=O)(=O)c1ccc(C(=O)Nc2sc3c(c2C#N)CCN(Cc2ccccc2)C3)cc1. The van der Waals surface area contributed by atoms with E-state index in [1.165, 1.54) is 29.0 Å². The predicted molar refractivity (Wildman–Crippen MR) is 156 cm³/mol. The van der Waals surface area contributed by atoms with Crippen LogP contribution in [0, 0.1) is 11.3 Å². The van der Waals surface area contributed by atoms with Gasteiger partial charge in [-0.15, -0.1) is 11.3 Å². The average Bonchev–Trinajstić information content (AvgIpc) is 3.29. The smallest absolute Gasteiger partial charge is 0.256 e. The standard InChI is InChI=1S/C30H36N4O3S2/c1-3-5-17-34(18-6-4-2)39(36,37)25-14-12-24(13-15-25)29(35)32-30-27(20-31)26-16-19-33(22-28(26)38-30)21-23-10-8-7-9-11-23/h7-15H,3-6,16-19,21-22H2,1-2H3,(H,32,35). The Labute approximate surface area is 236 Å². The lowest BCUT2D eigenvalue weighted by atomic mass is 10.0. The molecule has 1 aliphatic rings. The fourth-order valence-electron chi connectivity index (χ4n) is 4.76. The molecular weight excluding hydrogens is 528 g/mol. The second-order valence-corrected chi connectivity index (χ2v) is 12.9. The Balaban J connectivity index is 1.46. The minimum absolute atomic E-state index is 0.189. The van der Waals surface area contributed by atoms with E-state index in [2.05, 4.69) is 28.4 Å². The van der Waals surface area contributed by atoms with Crippen molar-refractivity contribution in [2.24, 2.45) is 0 Å².